The summed E-state index contributed by atoms with van der Waals surface area (Å²) in [6.07, 6.45) is 4.69. The Balaban J connectivity index is 1.91. The lowest BCUT2D eigenvalue weighted by Gasteiger charge is -2.07. The molecule has 0 spiro atoms. The largest absolute Gasteiger partial charge is 0.354 e. The standard InChI is InChI=1S/C22H17F3N4O/c1-3-20(30)27-14-5-13-8-18(12-6-16(23)21(25)17(24)7-12)28-22(13)15(9-14)19-10-29(4-2)11-26-19/h3,5-11,28H,1,4H2,2H3,(H,27,30). The summed E-state index contributed by atoms with van der Waals surface area (Å²) in [6.45, 7) is 6.15. The predicted molar refractivity (Wildman–Crippen MR) is 109 cm³/mol. The fourth-order valence-electron chi connectivity index (χ4n) is 3.25. The first-order valence-electron chi connectivity index (χ1n) is 9.16. The van der Waals surface area contributed by atoms with Crippen LogP contribution < -0.4 is 5.32 Å². The number of aromatic nitrogens is 3. The molecule has 4 rings (SSSR count). The number of benzene rings is 2. The van der Waals surface area contributed by atoms with Crippen molar-refractivity contribution in [2.45, 2.75) is 13.5 Å². The van der Waals surface area contributed by atoms with Gasteiger partial charge in [-0.3, -0.25) is 4.79 Å². The van der Waals surface area contributed by atoms with Gasteiger partial charge in [-0.25, -0.2) is 18.2 Å². The highest BCUT2D eigenvalue weighted by Crippen LogP contribution is 2.34. The molecule has 4 aromatic rings. The number of carbonyl (C=O) groups is 1. The summed E-state index contributed by atoms with van der Waals surface area (Å²) >= 11 is 0. The second-order valence-electron chi connectivity index (χ2n) is 6.71. The lowest BCUT2D eigenvalue weighted by Crippen LogP contribution is -2.07. The molecular formula is C22H17F3N4O. The summed E-state index contributed by atoms with van der Waals surface area (Å²) in [5, 5.41) is 3.39. The molecule has 30 heavy (non-hydrogen) atoms. The number of nitrogens with one attached hydrogen (secondary N) is 2. The Hall–Kier alpha value is -3.81. The number of hydrogen-bond donors (Lipinski definition) is 2. The van der Waals surface area contributed by atoms with Crippen LogP contribution in [-0.4, -0.2) is 20.4 Å². The van der Waals surface area contributed by atoms with Crippen molar-refractivity contribution in [3.8, 4) is 22.5 Å². The van der Waals surface area contributed by atoms with Gasteiger partial charge in [0.25, 0.3) is 0 Å². The zero-order valence-corrected chi connectivity index (χ0v) is 16.0. The highest BCUT2D eigenvalue weighted by atomic mass is 19.2. The summed E-state index contributed by atoms with van der Waals surface area (Å²) < 4.78 is 42.7. The van der Waals surface area contributed by atoms with Gasteiger partial charge in [0.15, 0.2) is 17.5 Å². The Bertz CT molecular complexity index is 1270. The van der Waals surface area contributed by atoms with Gasteiger partial charge in [-0.1, -0.05) is 6.58 Å². The molecule has 1 amide bonds. The van der Waals surface area contributed by atoms with Gasteiger partial charge < -0.3 is 14.9 Å². The van der Waals surface area contributed by atoms with Crippen LogP contribution in [-0.2, 0) is 11.3 Å². The predicted octanol–water partition coefficient (Wildman–Crippen LogP) is 5.26. The summed E-state index contributed by atoms with van der Waals surface area (Å²) in [7, 11) is 0. The minimum absolute atomic E-state index is 0.157. The second kappa shape index (κ2) is 7.55. The fraction of sp³-hybridized carbons (Fsp3) is 0.0909. The third-order valence-corrected chi connectivity index (χ3v) is 4.75. The highest BCUT2D eigenvalue weighted by molar-refractivity contribution is 6.04. The van der Waals surface area contributed by atoms with Gasteiger partial charge in [0.1, 0.15) is 0 Å². The van der Waals surface area contributed by atoms with Gasteiger partial charge in [0.2, 0.25) is 5.91 Å². The summed E-state index contributed by atoms with van der Waals surface area (Å²) in [6, 6.07) is 6.99. The lowest BCUT2D eigenvalue weighted by atomic mass is 10.1. The van der Waals surface area contributed by atoms with E-state index < -0.39 is 17.5 Å². The van der Waals surface area contributed by atoms with Crippen LogP contribution in [0.5, 0.6) is 0 Å². The van der Waals surface area contributed by atoms with E-state index in [4.69, 9.17) is 0 Å². The maximum Gasteiger partial charge on any atom is 0.247 e. The van der Waals surface area contributed by atoms with Gasteiger partial charge in [0.05, 0.1) is 17.5 Å². The van der Waals surface area contributed by atoms with Crippen molar-refractivity contribution in [3.05, 3.63) is 73.0 Å². The number of anilines is 1. The van der Waals surface area contributed by atoms with Crippen molar-refractivity contribution in [3.63, 3.8) is 0 Å². The molecule has 5 nitrogen and oxygen atoms in total. The normalized spacial score (nSPS) is 11.1. The number of rotatable bonds is 5. The molecule has 0 unspecified atom stereocenters. The monoisotopic (exact) mass is 410 g/mol. The first-order valence-corrected chi connectivity index (χ1v) is 9.16. The molecule has 8 heteroatoms. The zero-order valence-electron chi connectivity index (χ0n) is 16.0. The Morgan fingerprint density at radius 3 is 2.57 bits per heavy atom. The first kappa shape index (κ1) is 19.5. The third-order valence-electron chi connectivity index (χ3n) is 4.75. The number of carbonyl (C=O) groups excluding carboxylic acids is 1. The molecular weight excluding hydrogens is 393 g/mol. The minimum Gasteiger partial charge on any atom is -0.354 e. The Kier molecular flexibility index (Phi) is 4.91. The molecule has 152 valence electrons. The van der Waals surface area contributed by atoms with Crippen LogP contribution in [0, 0.1) is 17.5 Å². The number of amides is 1. The summed E-state index contributed by atoms with van der Waals surface area (Å²) in [4.78, 5) is 19.3. The van der Waals surface area contributed by atoms with Crippen LogP contribution in [0.3, 0.4) is 0 Å². The Morgan fingerprint density at radius 1 is 1.20 bits per heavy atom. The molecule has 0 atom stereocenters. The van der Waals surface area contributed by atoms with Crippen molar-refractivity contribution in [2.24, 2.45) is 0 Å². The van der Waals surface area contributed by atoms with E-state index in [-0.39, 0.29) is 11.5 Å². The van der Waals surface area contributed by atoms with Crippen molar-refractivity contribution in [2.75, 3.05) is 5.32 Å². The number of aryl methyl sites for hydroxylation is 1. The smallest absolute Gasteiger partial charge is 0.247 e. The van der Waals surface area contributed by atoms with Crippen LogP contribution in [0.25, 0.3) is 33.4 Å². The van der Waals surface area contributed by atoms with Gasteiger partial charge in [-0.2, -0.15) is 0 Å². The van der Waals surface area contributed by atoms with Crippen LogP contribution in [0.2, 0.25) is 0 Å². The number of imidazole rings is 1. The number of H-pyrrole nitrogens is 1. The molecule has 0 bridgehead atoms. The third kappa shape index (κ3) is 3.47. The van der Waals surface area contributed by atoms with E-state index in [1.165, 1.54) is 0 Å². The molecule has 0 saturated heterocycles. The average molecular weight is 410 g/mol. The van der Waals surface area contributed by atoms with E-state index in [0.29, 0.717) is 33.5 Å². The van der Waals surface area contributed by atoms with E-state index in [1.54, 1.807) is 24.5 Å². The van der Waals surface area contributed by atoms with E-state index in [1.807, 2.05) is 17.7 Å². The Morgan fingerprint density at radius 2 is 1.93 bits per heavy atom. The number of nitrogens with zero attached hydrogens (tertiary/aromatic N) is 2. The SMILES string of the molecule is C=CC(=O)Nc1cc(-c2cn(CC)cn2)c2[nH]c(-c3cc(F)c(F)c(F)c3)cc2c1. The highest BCUT2D eigenvalue weighted by Gasteiger charge is 2.16. The molecule has 0 aliphatic carbocycles. The fourth-order valence-corrected chi connectivity index (χ4v) is 3.25. The molecule has 2 aromatic heterocycles. The summed E-state index contributed by atoms with van der Waals surface area (Å²) in [5.41, 5.74) is 3.06. The maximum absolute atomic E-state index is 13.7. The van der Waals surface area contributed by atoms with Crippen molar-refractivity contribution >= 4 is 22.5 Å². The number of fused-ring (bicyclic) bond motifs is 1. The molecule has 0 aliphatic rings. The molecule has 2 N–H and O–H groups in total. The molecule has 2 heterocycles. The van der Waals surface area contributed by atoms with Crippen LogP contribution in [0.15, 0.2) is 55.5 Å². The molecule has 0 fully saturated rings. The van der Waals surface area contributed by atoms with Gasteiger partial charge >= 0.3 is 0 Å². The summed E-state index contributed by atoms with van der Waals surface area (Å²) in [5.74, 6) is -4.44. The number of hydrogen-bond acceptors (Lipinski definition) is 2. The number of aromatic amines is 1. The molecule has 0 aliphatic heterocycles. The van der Waals surface area contributed by atoms with Crippen molar-refractivity contribution in [1.29, 1.82) is 0 Å². The zero-order chi connectivity index (χ0) is 21.4. The quantitative estimate of drug-likeness (QED) is 0.348. The maximum atomic E-state index is 13.7. The van der Waals surface area contributed by atoms with E-state index in [2.05, 4.69) is 21.9 Å². The first-order chi connectivity index (χ1) is 14.4. The Labute approximate surface area is 169 Å². The van der Waals surface area contributed by atoms with Crippen LogP contribution >= 0.6 is 0 Å². The van der Waals surface area contributed by atoms with Gasteiger partial charge in [-0.05, 0) is 43.3 Å². The van der Waals surface area contributed by atoms with E-state index >= 15 is 0 Å². The van der Waals surface area contributed by atoms with Crippen LogP contribution in [0.4, 0.5) is 18.9 Å². The van der Waals surface area contributed by atoms with Gasteiger partial charge in [0, 0.05) is 40.6 Å². The van der Waals surface area contributed by atoms with Crippen LogP contribution in [0.1, 0.15) is 6.92 Å². The number of halogens is 3. The van der Waals surface area contributed by atoms with Crippen molar-refractivity contribution < 1.29 is 18.0 Å². The van der Waals surface area contributed by atoms with E-state index in [0.717, 1.165) is 24.8 Å². The van der Waals surface area contributed by atoms with Gasteiger partial charge in [-0.15, -0.1) is 0 Å². The average Bonchev–Trinajstić information content (AvgIpc) is 3.38. The second-order valence-corrected chi connectivity index (χ2v) is 6.71. The molecule has 0 saturated carbocycles. The molecule has 2 aromatic carbocycles. The topological polar surface area (TPSA) is 62.7 Å². The minimum atomic E-state index is -1.52. The lowest BCUT2D eigenvalue weighted by molar-refractivity contribution is -0.111. The molecule has 0 radical (unpaired) electrons. The van der Waals surface area contributed by atoms with Crippen molar-refractivity contribution in [1.82, 2.24) is 14.5 Å². The van der Waals surface area contributed by atoms with E-state index in [9.17, 15) is 18.0 Å².